The van der Waals surface area contributed by atoms with Crippen molar-refractivity contribution in [3.05, 3.63) is 59.7 Å². The largest absolute Gasteiger partial charge is 0.479 e. The molecule has 2 unspecified atom stereocenters. The second kappa shape index (κ2) is 8.78. The zero-order valence-corrected chi connectivity index (χ0v) is 19.3. The maximum Gasteiger partial charge on any atom is 0.407 e. The summed E-state index contributed by atoms with van der Waals surface area (Å²) in [5.41, 5.74) is 3.73. The van der Waals surface area contributed by atoms with E-state index >= 15 is 0 Å². The molecular weight excluding hydrogens is 432 g/mol. The summed E-state index contributed by atoms with van der Waals surface area (Å²) in [6.07, 6.45) is 3.23. The Morgan fingerprint density at radius 2 is 1.65 bits per heavy atom. The Bertz CT molecular complexity index is 1080. The van der Waals surface area contributed by atoms with Gasteiger partial charge in [-0.2, -0.15) is 0 Å². The van der Waals surface area contributed by atoms with E-state index < -0.39 is 17.6 Å². The first kappa shape index (κ1) is 22.4. The minimum Gasteiger partial charge on any atom is -0.479 e. The number of carboxylic acids is 1. The monoisotopic (exact) mass is 462 g/mol. The summed E-state index contributed by atoms with van der Waals surface area (Å²) in [5, 5.41) is 12.4. The predicted molar refractivity (Wildman–Crippen MR) is 126 cm³/mol. The Morgan fingerprint density at radius 1 is 1.03 bits per heavy atom. The van der Waals surface area contributed by atoms with Gasteiger partial charge >= 0.3 is 12.1 Å². The summed E-state index contributed by atoms with van der Waals surface area (Å²) >= 11 is 0. The first-order chi connectivity index (χ1) is 16.4. The fourth-order valence-electron chi connectivity index (χ4n) is 5.63. The second-order valence-electron chi connectivity index (χ2n) is 9.84. The highest BCUT2D eigenvalue weighted by Crippen LogP contribution is 2.45. The summed E-state index contributed by atoms with van der Waals surface area (Å²) in [5.74, 6) is -0.902. The van der Waals surface area contributed by atoms with Crippen molar-refractivity contribution in [2.24, 2.45) is 5.92 Å². The third kappa shape index (κ3) is 4.04. The minimum absolute atomic E-state index is 0.0200. The zero-order valence-electron chi connectivity index (χ0n) is 19.3. The summed E-state index contributed by atoms with van der Waals surface area (Å²) in [7, 11) is 1.59. The Balaban J connectivity index is 1.12. The van der Waals surface area contributed by atoms with Gasteiger partial charge < -0.3 is 20.1 Å². The number of benzene rings is 2. The number of fused-ring (bicyclic) bond motifs is 3. The van der Waals surface area contributed by atoms with Crippen molar-refractivity contribution in [2.45, 2.75) is 56.0 Å². The fraction of sp³-hybridized carbons (Fsp3) is 0.444. The molecule has 0 aliphatic heterocycles. The van der Waals surface area contributed by atoms with Gasteiger partial charge in [-0.3, -0.25) is 4.79 Å². The van der Waals surface area contributed by atoms with Crippen LogP contribution in [0.2, 0.25) is 0 Å². The number of nitrogens with zero attached hydrogens (tertiary/aromatic N) is 1. The van der Waals surface area contributed by atoms with Crippen LogP contribution < -0.4 is 5.32 Å². The Kier molecular flexibility index (Phi) is 5.80. The molecule has 2 aromatic rings. The van der Waals surface area contributed by atoms with E-state index in [2.05, 4.69) is 29.6 Å². The summed E-state index contributed by atoms with van der Waals surface area (Å²) in [6, 6.07) is 16.4. The molecule has 0 radical (unpaired) electrons. The van der Waals surface area contributed by atoms with Crippen molar-refractivity contribution < 1.29 is 24.2 Å². The van der Waals surface area contributed by atoms with E-state index in [1.165, 1.54) is 27.2 Å². The standard InChI is InChI=1S/C27H30N2O5/c1-29(27(12-13-27)25(31)32)24(30)15-17-10-11-18(14-17)28-26(33)34-16-23-21-8-4-2-6-19(21)20-7-3-5-9-22(20)23/h2-9,17-18,23H,10-16H2,1H3,(H,28,33)(H,31,32). The maximum absolute atomic E-state index is 12.6. The normalized spacial score (nSPS) is 21.9. The van der Waals surface area contributed by atoms with E-state index in [1.54, 1.807) is 7.05 Å². The number of carbonyl (C=O) groups is 3. The highest BCUT2D eigenvalue weighted by molar-refractivity contribution is 5.89. The lowest BCUT2D eigenvalue weighted by molar-refractivity contribution is -0.151. The van der Waals surface area contributed by atoms with E-state index in [0.717, 1.165) is 12.8 Å². The number of hydrogen-bond acceptors (Lipinski definition) is 4. The molecule has 2 N–H and O–H groups in total. The molecule has 2 aromatic carbocycles. The number of hydrogen-bond donors (Lipinski definition) is 2. The number of carbonyl (C=O) groups excluding carboxylic acids is 2. The maximum atomic E-state index is 12.6. The number of rotatable bonds is 7. The second-order valence-corrected chi connectivity index (χ2v) is 9.84. The summed E-state index contributed by atoms with van der Waals surface area (Å²) in [6.45, 7) is 0.274. The molecule has 7 nitrogen and oxygen atoms in total. The molecule has 2 atom stereocenters. The van der Waals surface area contributed by atoms with Crippen molar-refractivity contribution >= 4 is 18.0 Å². The average molecular weight is 463 g/mol. The lowest BCUT2D eigenvalue weighted by Crippen LogP contribution is -2.45. The highest BCUT2D eigenvalue weighted by Gasteiger charge is 2.55. The topological polar surface area (TPSA) is 95.9 Å². The van der Waals surface area contributed by atoms with E-state index in [9.17, 15) is 19.5 Å². The van der Waals surface area contributed by atoms with Gasteiger partial charge in [0.2, 0.25) is 5.91 Å². The fourth-order valence-corrected chi connectivity index (χ4v) is 5.63. The molecule has 34 heavy (non-hydrogen) atoms. The highest BCUT2D eigenvalue weighted by atomic mass is 16.5. The molecule has 0 bridgehead atoms. The molecule has 3 aliphatic carbocycles. The number of ether oxygens (including phenoxy) is 1. The van der Waals surface area contributed by atoms with Crippen LogP contribution in [0, 0.1) is 5.92 Å². The summed E-state index contributed by atoms with van der Waals surface area (Å²) < 4.78 is 5.64. The smallest absolute Gasteiger partial charge is 0.407 e. The van der Waals surface area contributed by atoms with Crippen molar-refractivity contribution in [1.82, 2.24) is 10.2 Å². The van der Waals surface area contributed by atoms with Gasteiger partial charge in [-0.05, 0) is 60.3 Å². The first-order valence-electron chi connectivity index (χ1n) is 12.0. The molecule has 7 heteroatoms. The zero-order chi connectivity index (χ0) is 23.9. The van der Waals surface area contributed by atoms with Crippen LogP contribution in [0.3, 0.4) is 0 Å². The van der Waals surface area contributed by atoms with Crippen LogP contribution >= 0.6 is 0 Å². The molecule has 2 saturated carbocycles. The van der Waals surface area contributed by atoms with Gasteiger partial charge in [0.25, 0.3) is 0 Å². The first-order valence-corrected chi connectivity index (χ1v) is 12.0. The molecule has 0 heterocycles. The third-order valence-electron chi connectivity index (χ3n) is 7.81. The Morgan fingerprint density at radius 3 is 2.24 bits per heavy atom. The van der Waals surface area contributed by atoms with Crippen LogP contribution in [-0.4, -0.2) is 53.2 Å². The van der Waals surface area contributed by atoms with Crippen molar-refractivity contribution in [2.75, 3.05) is 13.7 Å². The number of likely N-dealkylation sites (N-methyl/N-ethyl adjacent to an activating group) is 1. The van der Waals surface area contributed by atoms with E-state index in [-0.39, 0.29) is 30.4 Å². The van der Waals surface area contributed by atoms with Crippen LogP contribution in [0.15, 0.2) is 48.5 Å². The summed E-state index contributed by atoms with van der Waals surface area (Å²) in [4.78, 5) is 38.1. The van der Waals surface area contributed by atoms with Gasteiger partial charge in [0.05, 0.1) is 0 Å². The van der Waals surface area contributed by atoms with Crippen LogP contribution in [-0.2, 0) is 14.3 Å². The number of amides is 2. The van der Waals surface area contributed by atoms with Crippen LogP contribution in [0.1, 0.15) is 55.6 Å². The molecule has 2 amide bonds. The number of aliphatic carboxylic acids is 1. The Labute approximate surface area is 199 Å². The van der Waals surface area contributed by atoms with Gasteiger partial charge in [-0.1, -0.05) is 48.5 Å². The van der Waals surface area contributed by atoms with Crippen molar-refractivity contribution in [1.29, 1.82) is 0 Å². The van der Waals surface area contributed by atoms with Gasteiger partial charge in [0.1, 0.15) is 12.1 Å². The van der Waals surface area contributed by atoms with Crippen LogP contribution in [0.4, 0.5) is 4.79 Å². The van der Waals surface area contributed by atoms with E-state index in [4.69, 9.17) is 4.74 Å². The predicted octanol–water partition coefficient (Wildman–Crippen LogP) is 4.16. The number of alkyl carbamates (subject to hydrolysis) is 1. The SMILES string of the molecule is CN(C(=O)CC1CCC(NC(=O)OCC2c3ccccc3-c3ccccc32)C1)C1(C(=O)O)CC1. The van der Waals surface area contributed by atoms with Gasteiger partial charge in [0.15, 0.2) is 0 Å². The lowest BCUT2D eigenvalue weighted by atomic mass is 9.98. The average Bonchev–Trinajstić information content (AvgIpc) is 3.45. The molecule has 178 valence electrons. The van der Waals surface area contributed by atoms with Crippen LogP contribution in [0.25, 0.3) is 11.1 Å². The van der Waals surface area contributed by atoms with Crippen molar-refractivity contribution in [3.8, 4) is 11.1 Å². The molecule has 5 rings (SSSR count). The molecule has 0 saturated heterocycles. The lowest BCUT2D eigenvalue weighted by Gasteiger charge is -2.25. The van der Waals surface area contributed by atoms with Crippen molar-refractivity contribution in [3.63, 3.8) is 0 Å². The van der Waals surface area contributed by atoms with Gasteiger partial charge in [-0.25, -0.2) is 9.59 Å². The van der Waals surface area contributed by atoms with E-state index in [0.29, 0.717) is 25.7 Å². The van der Waals surface area contributed by atoms with Gasteiger partial charge in [0, 0.05) is 25.4 Å². The van der Waals surface area contributed by atoms with E-state index in [1.807, 2.05) is 24.3 Å². The molecule has 3 aliphatic rings. The third-order valence-corrected chi connectivity index (χ3v) is 7.81. The van der Waals surface area contributed by atoms with Crippen LogP contribution in [0.5, 0.6) is 0 Å². The molecule has 0 spiro atoms. The number of nitrogens with one attached hydrogen (secondary N) is 1. The Hall–Kier alpha value is -3.35. The quantitative estimate of drug-likeness (QED) is 0.644. The van der Waals surface area contributed by atoms with Gasteiger partial charge in [-0.15, -0.1) is 0 Å². The molecular formula is C27H30N2O5. The minimum atomic E-state index is -1.01. The number of carboxylic acid groups (broad SMARTS) is 1. The molecule has 2 fully saturated rings. The molecule has 0 aromatic heterocycles.